The molecule has 2 aromatic carbocycles. The van der Waals surface area contributed by atoms with Crippen molar-refractivity contribution in [3.63, 3.8) is 0 Å². The summed E-state index contributed by atoms with van der Waals surface area (Å²) < 4.78 is 20.5. The maximum atomic E-state index is 14.9. The molecule has 4 nitrogen and oxygen atoms in total. The van der Waals surface area contributed by atoms with E-state index in [4.69, 9.17) is 4.42 Å². The summed E-state index contributed by atoms with van der Waals surface area (Å²) in [5.41, 5.74) is 2.28. The van der Waals surface area contributed by atoms with E-state index in [9.17, 15) is 9.65 Å². The molecule has 1 aromatic heterocycles. The van der Waals surface area contributed by atoms with Crippen LogP contribution >= 0.6 is 0 Å². The highest BCUT2D eigenvalue weighted by molar-refractivity contribution is 5.90. The number of halogens is 1. The Bertz CT molecular complexity index is 892. The molecular weight excluding hydrogens is 281 g/mol. The van der Waals surface area contributed by atoms with Gasteiger partial charge in [-0.1, -0.05) is 30.3 Å². The number of aromatic nitrogens is 1. The number of nitrogens with zero attached hydrogens (tertiary/aromatic N) is 3. The van der Waals surface area contributed by atoms with Gasteiger partial charge in [0.1, 0.15) is 11.6 Å². The van der Waals surface area contributed by atoms with Crippen molar-refractivity contribution in [2.75, 3.05) is 19.0 Å². The molecule has 3 rings (SSSR count). The first-order valence-corrected chi connectivity index (χ1v) is 6.80. The van der Waals surface area contributed by atoms with E-state index in [1.54, 1.807) is 25.9 Å². The highest BCUT2D eigenvalue weighted by Gasteiger charge is 2.23. The van der Waals surface area contributed by atoms with Crippen LogP contribution in [0.5, 0.6) is 0 Å². The lowest BCUT2D eigenvalue weighted by Crippen LogP contribution is -2.08. The van der Waals surface area contributed by atoms with Crippen molar-refractivity contribution in [1.29, 1.82) is 5.26 Å². The van der Waals surface area contributed by atoms with E-state index in [1.807, 2.05) is 30.3 Å². The van der Waals surface area contributed by atoms with Crippen LogP contribution in [0.2, 0.25) is 0 Å². The maximum Gasteiger partial charge on any atom is 0.297 e. The van der Waals surface area contributed by atoms with Gasteiger partial charge in [-0.15, -0.1) is 0 Å². The van der Waals surface area contributed by atoms with Crippen LogP contribution in [-0.4, -0.2) is 19.1 Å². The number of anilines is 1. The lowest BCUT2D eigenvalue weighted by molar-refractivity contribution is 0.554. The molecule has 0 spiro atoms. The SMILES string of the molecule is Cc1c(-c2ccccc2)c(F)c2oc(N(C)C)nc2c1C#N. The highest BCUT2D eigenvalue weighted by Crippen LogP contribution is 2.36. The van der Waals surface area contributed by atoms with Gasteiger partial charge in [0.25, 0.3) is 6.01 Å². The van der Waals surface area contributed by atoms with Crippen molar-refractivity contribution in [2.24, 2.45) is 0 Å². The number of oxazole rings is 1. The van der Waals surface area contributed by atoms with E-state index < -0.39 is 5.82 Å². The summed E-state index contributed by atoms with van der Waals surface area (Å²) in [6, 6.07) is 11.5. The van der Waals surface area contributed by atoms with Gasteiger partial charge in [-0.25, -0.2) is 4.39 Å². The molecule has 5 heteroatoms. The van der Waals surface area contributed by atoms with Crippen molar-refractivity contribution in [3.05, 3.63) is 47.3 Å². The van der Waals surface area contributed by atoms with Crippen molar-refractivity contribution in [2.45, 2.75) is 6.92 Å². The molecule has 0 aliphatic rings. The van der Waals surface area contributed by atoms with Crippen LogP contribution in [0.4, 0.5) is 10.4 Å². The Balaban J connectivity index is 2.42. The van der Waals surface area contributed by atoms with Gasteiger partial charge in [0.2, 0.25) is 0 Å². The molecule has 0 saturated heterocycles. The summed E-state index contributed by atoms with van der Waals surface area (Å²) in [6.45, 7) is 1.73. The fourth-order valence-corrected chi connectivity index (χ4v) is 2.48. The summed E-state index contributed by atoms with van der Waals surface area (Å²) >= 11 is 0. The van der Waals surface area contributed by atoms with Gasteiger partial charge in [-0.3, -0.25) is 0 Å². The maximum absolute atomic E-state index is 14.9. The van der Waals surface area contributed by atoms with Crippen molar-refractivity contribution in [1.82, 2.24) is 4.98 Å². The number of hydrogen-bond donors (Lipinski definition) is 0. The molecule has 3 aromatic rings. The fourth-order valence-electron chi connectivity index (χ4n) is 2.48. The third-order valence-corrected chi connectivity index (χ3v) is 3.58. The molecule has 0 fully saturated rings. The van der Waals surface area contributed by atoms with Crippen LogP contribution < -0.4 is 4.90 Å². The van der Waals surface area contributed by atoms with Crippen molar-refractivity contribution in [3.8, 4) is 17.2 Å². The smallest absolute Gasteiger partial charge is 0.297 e. The first-order valence-electron chi connectivity index (χ1n) is 6.80. The largest absolute Gasteiger partial charge is 0.420 e. The summed E-state index contributed by atoms with van der Waals surface area (Å²) in [5, 5.41) is 9.46. The second-order valence-electron chi connectivity index (χ2n) is 5.24. The third kappa shape index (κ3) is 2.01. The fraction of sp³-hybridized carbons (Fsp3) is 0.176. The standard InChI is InChI=1S/C17H14FN3O/c1-10-12(9-19)15-16(22-17(20-15)21(2)3)14(18)13(10)11-7-5-4-6-8-11/h4-8H,1-3H3. The minimum absolute atomic E-state index is 0.0182. The van der Waals surface area contributed by atoms with Crippen molar-refractivity contribution < 1.29 is 8.81 Å². The van der Waals surface area contributed by atoms with E-state index in [0.29, 0.717) is 22.3 Å². The number of rotatable bonds is 2. The summed E-state index contributed by atoms with van der Waals surface area (Å²) in [6.07, 6.45) is 0. The third-order valence-electron chi connectivity index (χ3n) is 3.58. The Morgan fingerprint density at radius 3 is 2.50 bits per heavy atom. The predicted octanol–water partition coefficient (Wildman–Crippen LogP) is 3.88. The predicted molar refractivity (Wildman–Crippen MR) is 83.2 cm³/mol. The minimum atomic E-state index is -0.488. The Hall–Kier alpha value is -2.87. The van der Waals surface area contributed by atoms with Gasteiger partial charge >= 0.3 is 0 Å². The van der Waals surface area contributed by atoms with Gasteiger partial charge in [0, 0.05) is 19.7 Å². The second-order valence-corrected chi connectivity index (χ2v) is 5.24. The topological polar surface area (TPSA) is 53.1 Å². The van der Waals surface area contributed by atoms with Gasteiger partial charge in [-0.2, -0.15) is 10.2 Å². The van der Waals surface area contributed by atoms with Crippen LogP contribution in [0, 0.1) is 24.1 Å². The van der Waals surface area contributed by atoms with Gasteiger partial charge in [0.05, 0.1) is 5.56 Å². The Labute approximate surface area is 127 Å². The molecule has 22 heavy (non-hydrogen) atoms. The molecule has 0 amide bonds. The molecule has 0 aliphatic carbocycles. The minimum Gasteiger partial charge on any atom is -0.420 e. The molecule has 0 unspecified atom stereocenters. The Morgan fingerprint density at radius 2 is 1.91 bits per heavy atom. The molecular formula is C17H14FN3O. The second kappa shape index (κ2) is 5.15. The highest BCUT2D eigenvalue weighted by atomic mass is 19.1. The van der Waals surface area contributed by atoms with Crippen LogP contribution in [0.1, 0.15) is 11.1 Å². The zero-order valence-electron chi connectivity index (χ0n) is 12.5. The molecule has 0 atom stereocenters. The molecule has 110 valence electrons. The number of benzene rings is 2. The molecule has 0 saturated carbocycles. The van der Waals surface area contributed by atoms with Gasteiger partial charge < -0.3 is 9.32 Å². The van der Waals surface area contributed by atoms with E-state index in [0.717, 1.165) is 0 Å². The average molecular weight is 295 g/mol. The molecule has 0 bridgehead atoms. The van der Waals surface area contributed by atoms with Crippen molar-refractivity contribution >= 4 is 17.1 Å². The molecule has 0 N–H and O–H groups in total. The summed E-state index contributed by atoms with van der Waals surface area (Å²) in [5.74, 6) is -0.488. The molecule has 0 radical (unpaired) electrons. The number of fused-ring (bicyclic) bond motifs is 1. The number of nitriles is 1. The normalized spacial score (nSPS) is 10.7. The molecule has 0 aliphatic heterocycles. The Kier molecular flexibility index (Phi) is 3.30. The van der Waals surface area contributed by atoms with Crippen LogP contribution in [0.3, 0.4) is 0 Å². The van der Waals surface area contributed by atoms with E-state index in [-0.39, 0.29) is 17.1 Å². The van der Waals surface area contributed by atoms with Gasteiger partial charge in [-0.05, 0) is 18.1 Å². The monoisotopic (exact) mass is 295 g/mol. The average Bonchev–Trinajstić information content (AvgIpc) is 2.94. The molecule has 1 heterocycles. The number of hydrogen-bond acceptors (Lipinski definition) is 4. The quantitative estimate of drug-likeness (QED) is 0.720. The zero-order valence-corrected chi connectivity index (χ0v) is 12.5. The first-order chi connectivity index (χ1) is 10.5. The summed E-state index contributed by atoms with van der Waals surface area (Å²) in [7, 11) is 3.50. The van der Waals surface area contributed by atoms with Crippen LogP contribution in [0.25, 0.3) is 22.2 Å². The van der Waals surface area contributed by atoms with Crippen LogP contribution in [0.15, 0.2) is 34.7 Å². The van der Waals surface area contributed by atoms with E-state index >= 15 is 0 Å². The van der Waals surface area contributed by atoms with E-state index in [1.165, 1.54) is 0 Å². The first kappa shape index (κ1) is 14.1. The van der Waals surface area contributed by atoms with Crippen LogP contribution in [-0.2, 0) is 0 Å². The summed E-state index contributed by atoms with van der Waals surface area (Å²) in [4.78, 5) is 5.87. The zero-order chi connectivity index (χ0) is 15.9. The lowest BCUT2D eigenvalue weighted by atomic mass is 9.95. The van der Waals surface area contributed by atoms with E-state index in [2.05, 4.69) is 11.1 Å². The lowest BCUT2D eigenvalue weighted by Gasteiger charge is -2.09. The van der Waals surface area contributed by atoms with Gasteiger partial charge in [0.15, 0.2) is 11.4 Å². The Morgan fingerprint density at radius 1 is 1.23 bits per heavy atom.